The van der Waals surface area contributed by atoms with Crippen LogP contribution in [0.5, 0.6) is 0 Å². The number of rotatable bonds is 3. The van der Waals surface area contributed by atoms with Crippen LogP contribution in [0.2, 0.25) is 0 Å². The molecule has 74 valence electrons. The molecule has 1 rings (SSSR count). The van der Waals surface area contributed by atoms with Crippen molar-refractivity contribution in [2.75, 3.05) is 13.1 Å². The summed E-state index contributed by atoms with van der Waals surface area (Å²) in [6, 6.07) is 0. The Labute approximate surface area is 82.7 Å². The normalized spacial score (nSPS) is 19.2. The van der Waals surface area contributed by atoms with Gasteiger partial charge in [0.05, 0.1) is 0 Å². The van der Waals surface area contributed by atoms with Gasteiger partial charge < -0.3 is 5.32 Å². The smallest absolute Gasteiger partial charge is 0.00462 e. The SMILES string of the molecule is CCC(CC)C1CCNCC1.Cl. The van der Waals surface area contributed by atoms with Crippen molar-refractivity contribution < 1.29 is 0 Å². The first kappa shape index (κ1) is 12.2. The van der Waals surface area contributed by atoms with E-state index in [1.54, 1.807) is 0 Å². The zero-order valence-corrected chi connectivity index (χ0v) is 9.12. The lowest BCUT2D eigenvalue weighted by molar-refractivity contribution is 0.246. The van der Waals surface area contributed by atoms with Crippen LogP contribution in [0.1, 0.15) is 39.5 Å². The first-order valence-electron chi connectivity index (χ1n) is 5.09. The largest absolute Gasteiger partial charge is 0.317 e. The zero-order chi connectivity index (χ0) is 8.10. The van der Waals surface area contributed by atoms with Gasteiger partial charge in [0.15, 0.2) is 0 Å². The predicted octanol–water partition coefficient (Wildman–Crippen LogP) is 2.84. The zero-order valence-electron chi connectivity index (χ0n) is 8.31. The fraction of sp³-hybridized carbons (Fsp3) is 1.00. The molecule has 0 bridgehead atoms. The Hall–Kier alpha value is 0.250. The van der Waals surface area contributed by atoms with Gasteiger partial charge >= 0.3 is 0 Å². The molecule has 0 aliphatic carbocycles. The lowest BCUT2D eigenvalue weighted by Gasteiger charge is -2.29. The summed E-state index contributed by atoms with van der Waals surface area (Å²) in [4.78, 5) is 0. The molecular formula is C10H22ClN. The third-order valence-electron chi connectivity index (χ3n) is 3.10. The first-order chi connectivity index (χ1) is 5.38. The van der Waals surface area contributed by atoms with E-state index in [1.165, 1.54) is 38.8 Å². The first-order valence-corrected chi connectivity index (χ1v) is 5.09. The van der Waals surface area contributed by atoms with E-state index < -0.39 is 0 Å². The Kier molecular flexibility index (Phi) is 6.87. The fourth-order valence-corrected chi connectivity index (χ4v) is 2.27. The van der Waals surface area contributed by atoms with Crippen LogP contribution in [0.15, 0.2) is 0 Å². The molecule has 1 fully saturated rings. The maximum Gasteiger partial charge on any atom is -0.00462 e. The predicted molar refractivity (Wildman–Crippen MR) is 56.9 cm³/mol. The van der Waals surface area contributed by atoms with Crippen LogP contribution in [0.3, 0.4) is 0 Å². The molecule has 1 nitrogen and oxygen atoms in total. The fourth-order valence-electron chi connectivity index (χ4n) is 2.27. The lowest BCUT2D eigenvalue weighted by Crippen LogP contribution is -2.31. The molecule has 0 atom stereocenters. The maximum absolute atomic E-state index is 3.42. The Morgan fingerprint density at radius 2 is 1.67 bits per heavy atom. The Morgan fingerprint density at radius 3 is 2.08 bits per heavy atom. The van der Waals surface area contributed by atoms with Gasteiger partial charge in [-0.2, -0.15) is 0 Å². The highest BCUT2D eigenvalue weighted by molar-refractivity contribution is 5.85. The highest BCUT2D eigenvalue weighted by atomic mass is 35.5. The number of hydrogen-bond donors (Lipinski definition) is 1. The summed E-state index contributed by atoms with van der Waals surface area (Å²) in [5.41, 5.74) is 0. The van der Waals surface area contributed by atoms with Crippen molar-refractivity contribution in [2.24, 2.45) is 11.8 Å². The van der Waals surface area contributed by atoms with E-state index in [0.717, 1.165) is 11.8 Å². The molecule has 0 aromatic rings. The van der Waals surface area contributed by atoms with Crippen molar-refractivity contribution >= 4 is 12.4 Å². The Bertz CT molecular complexity index is 96.0. The summed E-state index contributed by atoms with van der Waals surface area (Å²) in [5, 5.41) is 3.42. The van der Waals surface area contributed by atoms with E-state index in [9.17, 15) is 0 Å². The van der Waals surface area contributed by atoms with E-state index in [0.29, 0.717) is 0 Å². The summed E-state index contributed by atoms with van der Waals surface area (Å²) in [6.07, 6.45) is 5.57. The van der Waals surface area contributed by atoms with Gasteiger partial charge in [-0.05, 0) is 37.8 Å². The summed E-state index contributed by atoms with van der Waals surface area (Å²) < 4.78 is 0. The average molecular weight is 192 g/mol. The van der Waals surface area contributed by atoms with Crippen LogP contribution >= 0.6 is 12.4 Å². The van der Waals surface area contributed by atoms with Crippen molar-refractivity contribution in [3.63, 3.8) is 0 Å². The van der Waals surface area contributed by atoms with E-state index >= 15 is 0 Å². The second kappa shape index (κ2) is 6.73. The van der Waals surface area contributed by atoms with Crippen molar-refractivity contribution in [1.82, 2.24) is 5.32 Å². The van der Waals surface area contributed by atoms with Crippen molar-refractivity contribution in [2.45, 2.75) is 39.5 Å². The minimum Gasteiger partial charge on any atom is -0.317 e. The van der Waals surface area contributed by atoms with Gasteiger partial charge in [0.25, 0.3) is 0 Å². The van der Waals surface area contributed by atoms with Crippen LogP contribution in [0, 0.1) is 11.8 Å². The van der Waals surface area contributed by atoms with Gasteiger partial charge in [-0.15, -0.1) is 12.4 Å². The van der Waals surface area contributed by atoms with E-state index in [-0.39, 0.29) is 12.4 Å². The van der Waals surface area contributed by atoms with Crippen LogP contribution in [0.4, 0.5) is 0 Å². The third-order valence-corrected chi connectivity index (χ3v) is 3.10. The van der Waals surface area contributed by atoms with Crippen LogP contribution in [-0.2, 0) is 0 Å². The van der Waals surface area contributed by atoms with Gasteiger partial charge in [0.2, 0.25) is 0 Å². The number of hydrogen-bond acceptors (Lipinski definition) is 1. The molecule has 1 aliphatic heterocycles. The van der Waals surface area contributed by atoms with Gasteiger partial charge in [-0.1, -0.05) is 26.7 Å². The Balaban J connectivity index is 0.00000121. The molecule has 1 heterocycles. The number of nitrogens with one attached hydrogen (secondary N) is 1. The summed E-state index contributed by atoms with van der Waals surface area (Å²) in [6.45, 7) is 7.16. The summed E-state index contributed by atoms with van der Waals surface area (Å²) in [5.74, 6) is 2.02. The van der Waals surface area contributed by atoms with Gasteiger partial charge in [-0.3, -0.25) is 0 Å². The van der Waals surface area contributed by atoms with Gasteiger partial charge in [0, 0.05) is 0 Å². The van der Waals surface area contributed by atoms with Crippen LogP contribution in [-0.4, -0.2) is 13.1 Å². The van der Waals surface area contributed by atoms with Gasteiger partial charge in [-0.25, -0.2) is 0 Å². The molecule has 0 amide bonds. The molecule has 12 heavy (non-hydrogen) atoms. The molecule has 0 aromatic heterocycles. The molecule has 0 unspecified atom stereocenters. The standard InChI is InChI=1S/C10H21N.ClH/c1-3-9(4-2)10-5-7-11-8-6-10;/h9-11H,3-8H2,1-2H3;1H. The minimum absolute atomic E-state index is 0. The number of halogens is 1. The molecule has 0 saturated carbocycles. The van der Waals surface area contributed by atoms with Crippen molar-refractivity contribution in [3.05, 3.63) is 0 Å². The molecule has 0 aromatic carbocycles. The summed E-state index contributed by atoms with van der Waals surface area (Å²) >= 11 is 0. The molecule has 1 aliphatic rings. The quantitative estimate of drug-likeness (QED) is 0.724. The molecule has 0 radical (unpaired) electrons. The van der Waals surface area contributed by atoms with E-state index in [2.05, 4.69) is 19.2 Å². The van der Waals surface area contributed by atoms with Crippen molar-refractivity contribution in [1.29, 1.82) is 0 Å². The average Bonchev–Trinajstić information content (AvgIpc) is 2.09. The summed E-state index contributed by atoms with van der Waals surface area (Å²) in [7, 11) is 0. The maximum atomic E-state index is 3.42. The third kappa shape index (κ3) is 3.32. The second-order valence-electron chi connectivity index (χ2n) is 3.66. The van der Waals surface area contributed by atoms with E-state index in [4.69, 9.17) is 0 Å². The highest BCUT2D eigenvalue weighted by Crippen LogP contribution is 2.26. The Morgan fingerprint density at radius 1 is 1.17 bits per heavy atom. The highest BCUT2D eigenvalue weighted by Gasteiger charge is 2.19. The molecule has 0 spiro atoms. The minimum atomic E-state index is 0. The lowest BCUT2D eigenvalue weighted by atomic mass is 9.82. The van der Waals surface area contributed by atoms with Crippen molar-refractivity contribution in [3.8, 4) is 0 Å². The van der Waals surface area contributed by atoms with Crippen LogP contribution < -0.4 is 5.32 Å². The van der Waals surface area contributed by atoms with Gasteiger partial charge in [0.1, 0.15) is 0 Å². The molecule has 1 saturated heterocycles. The molecular weight excluding hydrogens is 170 g/mol. The molecule has 1 N–H and O–H groups in total. The van der Waals surface area contributed by atoms with Crippen LogP contribution in [0.25, 0.3) is 0 Å². The number of piperidine rings is 1. The second-order valence-corrected chi connectivity index (χ2v) is 3.66. The topological polar surface area (TPSA) is 12.0 Å². The monoisotopic (exact) mass is 191 g/mol. The van der Waals surface area contributed by atoms with E-state index in [1.807, 2.05) is 0 Å². The molecule has 2 heteroatoms.